The number of rotatable bonds is 7. The summed E-state index contributed by atoms with van der Waals surface area (Å²) < 4.78 is 41.1. The molecule has 1 fully saturated rings. The van der Waals surface area contributed by atoms with Crippen LogP contribution in [0.1, 0.15) is 16.7 Å². The van der Waals surface area contributed by atoms with Gasteiger partial charge in [0, 0.05) is 49.8 Å². The van der Waals surface area contributed by atoms with Gasteiger partial charge >= 0.3 is 12.2 Å². The topological polar surface area (TPSA) is 77.7 Å². The predicted molar refractivity (Wildman–Crippen MR) is 125 cm³/mol. The Bertz CT molecular complexity index is 1150. The molecule has 0 unspecified atom stereocenters. The second kappa shape index (κ2) is 10.8. The molecule has 4 rings (SSSR count). The molecule has 0 saturated carbocycles. The van der Waals surface area contributed by atoms with Crippen molar-refractivity contribution in [3.8, 4) is 0 Å². The lowest BCUT2D eigenvalue weighted by molar-refractivity contribution is -0.176. The van der Waals surface area contributed by atoms with Crippen LogP contribution < -0.4 is 5.32 Å². The van der Waals surface area contributed by atoms with Gasteiger partial charge in [0.2, 0.25) is 5.91 Å². The number of halogens is 3. The number of H-pyrrole nitrogens is 1. The normalized spacial score (nSPS) is 14.4. The molecule has 0 atom stereocenters. The van der Waals surface area contributed by atoms with Crippen molar-refractivity contribution in [1.82, 2.24) is 20.1 Å². The summed E-state index contributed by atoms with van der Waals surface area (Å²) in [6, 6.07) is 14.5. The fraction of sp³-hybridized carbons (Fsp3) is 0.360. The Balaban J connectivity index is 1.19. The summed E-state index contributed by atoms with van der Waals surface area (Å²) >= 11 is 0. The maximum Gasteiger partial charge on any atom is 0.411 e. The van der Waals surface area contributed by atoms with Crippen LogP contribution in [-0.2, 0) is 29.1 Å². The molecule has 0 bridgehead atoms. The van der Waals surface area contributed by atoms with Crippen molar-refractivity contribution in [3.63, 3.8) is 0 Å². The zero-order valence-corrected chi connectivity index (χ0v) is 19.1. The molecule has 0 radical (unpaired) electrons. The van der Waals surface area contributed by atoms with Crippen LogP contribution in [0.25, 0.3) is 10.9 Å². The number of aromatic nitrogens is 1. The molecule has 35 heavy (non-hydrogen) atoms. The molecule has 2 heterocycles. The van der Waals surface area contributed by atoms with Crippen molar-refractivity contribution < 1.29 is 27.5 Å². The standard InChI is InChI=1S/C25H27F3N4O3/c26-25(27,28)17-35-16-19-7-5-18(6-8-19)14-30-24(34)32-11-9-31(10-12-32)23(33)13-20-15-29-22-4-2-1-3-21(20)22/h1-8,15,29H,9-14,16-17H2,(H,30,34). The number of aromatic amines is 1. The first-order valence-electron chi connectivity index (χ1n) is 11.4. The van der Waals surface area contributed by atoms with E-state index < -0.39 is 12.8 Å². The molecule has 1 saturated heterocycles. The van der Waals surface area contributed by atoms with Crippen molar-refractivity contribution in [2.45, 2.75) is 25.7 Å². The first kappa shape index (κ1) is 24.6. The molecule has 1 aromatic heterocycles. The highest BCUT2D eigenvalue weighted by molar-refractivity contribution is 5.89. The molecular weight excluding hydrogens is 461 g/mol. The third kappa shape index (κ3) is 6.75. The Hall–Kier alpha value is -3.53. The first-order valence-corrected chi connectivity index (χ1v) is 11.4. The van der Waals surface area contributed by atoms with E-state index in [2.05, 4.69) is 15.0 Å². The Morgan fingerprint density at radius 1 is 0.943 bits per heavy atom. The van der Waals surface area contributed by atoms with Crippen LogP contribution in [0.2, 0.25) is 0 Å². The monoisotopic (exact) mass is 488 g/mol. The summed E-state index contributed by atoms with van der Waals surface area (Å²) in [5.74, 6) is 0.0362. The van der Waals surface area contributed by atoms with E-state index >= 15 is 0 Å². The van der Waals surface area contributed by atoms with Gasteiger partial charge in [0.1, 0.15) is 6.61 Å². The van der Waals surface area contributed by atoms with Crippen LogP contribution in [0.15, 0.2) is 54.7 Å². The molecule has 2 N–H and O–H groups in total. The minimum Gasteiger partial charge on any atom is -0.367 e. The lowest BCUT2D eigenvalue weighted by atomic mass is 10.1. The van der Waals surface area contributed by atoms with E-state index in [-0.39, 0.29) is 18.5 Å². The third-order valence-corrected chi connectivity index (χ3v) is 5.94. The Morgan fingerprint density at radius 3 is 2.31 bits per heavy atom. The summed E-state index contributed by atoms with van der Waals surface area (Å²) in [5.41, 5.74) is 3.41. The van der Waals surface area contributed by atoms with Crippen molar-refractivity contribution in [3.05, 3.63) is 71.4 Å². The van der Waals surface area contributed by atoms with Crippen molar-refractivity contribution >= 4 is 22.8 Å². The molecule has 0 aliphatic carbocycles. The number of piperazine rings is 1. The highest BCUT2D eigenvalue weighted by Crippen LogP contribution is 2.19. The van der Waals surface area contributed by atoms with Crippen LogP contribution in [-0.4, -0.2) is 65.7 Å². The van der Waals surface area contributed by atoms with Crippen LogP contribution >= 0.6 is 0 Å². The number of hydrogen-bond donors (Lipinski definition) is 2. The van der Waals surface area contributed by atoms with Gasteiger partial charge in [-0.3, -0.25) is 4.79 Å². The van der Waals surface area contributed by atoms with Crippen LogP contribution in [0, 0.1) is 0 Å². The van der Waals surface area contributed by atoms with Gasteiger partial charge in [0.05, 0.1) is 13.0 Å². The molecule has 1 aliphatic rings. The summed E-state index contributed by atoms with van der Waals surface area (Å²) in [6.45, 7) is 0.717. The Labute approximate surface area is 200 Å². The quantitative estimate of drug-likeness (QED) is 0.531. The average Bonchev–Trinajstić information content (AvgIpc) is 3.25. The summed E-state index contributed by atoms with van der Waals surface area (Å²) in [4.78, 5) is 31.9. The fourth-order valence-electron chi connectivity index (χ4n) is 4.04. The summed E-state index contributed by atoms with van der Waals surface area (Å²) in [5, 5.41) is 3.89. The van der Waals surface area contributed by atoms with Crippen molar-refractivity contribution in [2.24, 2.45) is 0 Å². The van der Waals surface area contributed by atoms with Crippen LogP contribution in [0.3, 0.4) is 0 Å². The minimum atomic E-state index is -4.35. The van der Waals surface area contributed by atoms with E-state index in [1.807, 2.05) is 30.5 Å². The van der Waals surface area contributed by atoms with E-state index in [1.54, 1.807) is 34.1 Å². The number of ether oxygens (including phenoxy) is 1. The number of nitrogens with zero attached hydrogens (tertiary/aromatic N) is 2. The zero-order chi connectivity index (χ0) is 24.8. The molecule has 1 aliphatic heterocycles. The molecule has 3 amide bonds. The smallest absolute Gasteiger partial charge is 0.367 e. The van der Waals surface area contributed by atoms with Gasteiger partial charge in [0.25, 0.3) is 0 Å². The van der Waals surface area contributed by atoms with Gasteiger partial charge in [0.15, 0.2) is 0 Å². The van der Waals surface area contributed by atoms with E-state index in [4.69, 9.17) is 0 Å². The molecule has 2 aromatic carbocycles. The first-order chi connectivity index (χ1) is 16.8. The molecule has 0 spiro atoms. The van der Waals surface area contributed by atoms with Gasteiger partial charge in [-0.25, -0.2) is 4.79 Å². The molecule has 10 heteroatoms. The Kier molecular flexibility index (Phi) is 7.60. The number of urea groups is 1. The van der Waals surface area contributed by atoms with Crippen LogP contribution in [0.5, 0.6) is 0 Å². The lowest BCUT2D eigenvalue weighted by Crippen LogP contribution is -2.53. The SMILES string of the molecule is O=C(Cc1c[nH]c2ccccc12)N1CCN(C(=O)NCc2ccc(COCC(F)(F)F)cc2)CC1. The largest absolute Gasteiger partial charge is 0.411 e. The van der Waals surface area contributed by atoms with Gasteiger partial charge in [-0.1, -0.05) is 42.5 Å². The van der Waals surface area contributed by atoms with Gasteiger partial charge in [-0.05, 0) is 22.8 Å². The number of carbonyl (C=O) groups excluding carboxylic acids is 2. The number of alkyl halides is 3. The molecule has 3 aromatic rings. The number of para-hydroxylation sites is 1. The summed E-state index contributed by atoms with van der Waals surface area (Å²) in [6.07, 6.45) is -2.16. The van der Waals surface area contributed by atoms with E-state index in [1.165, 1.54) is 0 Å². The highest BCUT2D eigenvalue weighted by Gasteiger charge is 2.27. The number of amides is 3. The average molecular weight is 489 g/mol. The number of fused-ring (bicyclic) bond motifs is 1. The van der Waals surface area contributed by atoms with E-state index in [0.717, 1.165) is 22.0 Å². The zero-order valence-electron chi connectivity index (χ0n) is 19.1. The maximum atomic E-state index is 12.8. The molecule has 7 nitrogen and oxygen atoms in total. The number of nitrogens with one attached hydrogen (secondary N) is 2. The third-order valence-electron chi connectivity index (χ3n) is 5.94. The predicted octanol–water partition coefficient (Wildman–Crippen LogP) is 3.84. The van der Waals surface area contributed by atoms with Crippen molar-refractivity contribution in [1.29, 1.82) is 0 Å². The van der Waals surface area contributed by atoms with E-state index in [9.17, 15) is 22.8 Å². The van der Waals surface area contributed by atoms with Gasteiger partial charge in [-0.15, -0.1) is 0 Å². The fourth-order valence-corrected chi connectivity index (χ4v) is 4.04. The number of benzene rings is 2. The lowest BCUT2D eigenvalue weighted by Gasteiger charge is -2.34. The van der Waals surface area contributed by atoms with Gasteiger partial charge < -0.3 is 24.8 Å². The highest BCUT2D eigenvalue weighted by atomic mass is 19.4. The molecular formula is C25H27F3N4O3. The molecule has 186 valence electrons. The van der Waals surface area contributed by atoms with Crippen LogP contribution in [0.4, 0.5) is 18.0 Å². The summed E-state index contributed by atoms with van der Waals surface area (Å²) in [7, 11) is 0. The number of carbonyl (C=O) groups is 2. The number of hydrogen-bond acceptors (Lipinski definition) is 3. The maximum absolute atomic E-state index is 12.8. The second-order valence-corrected chi connectivity index (χ2v) is 8.49. The van der Waals surface area contributed by atoms with Gasteiger partial charge in [-0.2, -0.15) is 13.2 Å². The van der Waals surface area contributed by atoms with E-state index in [0.29, 0.717) is 44.7 Å². The minimum absolute atomic E-state index is 0.0362. The Morgan fingerprint density at radius 2 is 1.60 bits per heavy atom. The van der Waals surface area contributed by atoms with Crippen molar-refractivity contribution in [2.75, 3.05) is 32.8 Å². The second-order valence-electron chi connectivity index (χ2n) is 8.49.